The Morgan fingerprint density at radius 1 is 1.22 bits per heavy atom. The second-order valence-electron chi connectivity index (χ2n) is 5.44. The molecule has 1 atom stereocenters. The van der Waals surface area contributed by atoms with Crippen molar-refractivity contribution in [2.75, 3.05) is 27.7 Å². The summed E-state index contributed by atoms with van der Waals surface area (Å²) in [5.41, 5.74) is 1.58. The fraction of sp³-hybridized carbons (Fsp3) is 0.278. The summed E-state index contributed by atoms with van der Waals surface area (Å²) in [6.07, 6.45) is 0. The number of carbonyl (C=O) groups excluding carboxylic acids is 1. The number of carbonyl (C=O) groups is 1. The first-order valence-corrected chi connectivity index (χ1v) is 7.74. The molecule has 0 radical (unpaired) electrons. The lowest BCUT2D eigenvalue weighted by Gasteiger charge is -2.26. The van der Waals surface area contributed by atoms with E-state index >= 15 is 0 Å². The highest BCUT2D eigenvalue weighted by molar-refractivity contribution is 6.30. The zero-order chi connectivity index (χ0) is 16.8. The van der Waals surface area contributed by atoms with E-state index in [1.807, 2.05) is 38.4 Å². The minimum atomic E-state index is -0.144. The third-order valence-electron chi connectivity index (χ3n) is 3.66. The summed E-state index contributed by atoms with van der Waals surface area (Å²) in [7, 11) is 5.60. The topological polar surface area (TPSA) is 41.6 Å². The predicted octanol–water partition coefficient (Wildman–Crippen LogP) is 3.38. The van der Waals surface area contributed by atoms with Crippen LogP contribution in [-0.4, -0.2) is 38.6 Å². The molecular formula is C18H21ClN2O2. The molecule has 2 aromatic carbocycles. The maximum atomic E-state index is 12.3. The molecule has 0 bridgehead atoms. The van der Waals surface area contributed by atoms with E-state index in [9.17, 15) is 4.79 Å². The van der Waals surface area contributed by atoms with Crippen molar-refractivity contribution in [3.05, 3.63) is 64.7 Å². The van der Waals surface area contributed by atoms with E-state index < -0.39 is 0 Å². The van der Waals surface area contributed by atoms with Gasteiger partial charge in [0.1, 0.15) is 5.75 Å². The van der Waals surface area contributed by atoms with Gasteiger partial charge in [-0.2, -0.15) is 0 Å². The summed E-state index contributed by atoms with van der Waals surface area (Å²) in [4.78, 5) is 14.3. The molecule has 0 aliphatic heterocycles. The molecule has 0 saturated heterocycles. The first kappa shape index (κ1) is 17.3. The summed E-state index contributed by atoms with van der Waals surface area (Å²) < 4.78 is 5.43. The minimum absolute atomic E-state index is 0.00860. The molecule has 0 unspecified atom stereocenters. The van der Waals surface area contributed by atoms with Gasteiger partial charge < -0.3 is 15.0 Å². The highest BCUT2D eigenvalue weighted by Crippen LogP contribution is 2.27. The smallest absolute Gasteiger partial charge is 0.251 e. The Morgan fingerprint density at radius 3 is 2.61 bits per heavy atom. The molecule has 0 aliphatic rings. The molecule has 0 spiro atoms. The molecule has 0 aliphatic carbocycles. The predicted molar refractivity (Wildman–Crippen MR) is 93.2 cm³/mol. The van der Waals surface area contributed by atoms with Crippen molar-refractivity contribution in [1.29, 1.82) is 0 Å². The third-order valence-corrected chi connectivity index (χ3v) is 3.90. The average Bonchev–Trinajstić information content (AvgIpc) is 2.55. The van der Waals surface area contributed by atoms with Crippen LogP contribution in [0.3, 0.4) is 0 Å². The molecular weight excluding hydrogens is 312 g/mol. The lowest BCUT2D eigenvalue weighted by atomic mass is 10.0. The van der Waals surface area contributed by atoms with Crippen LogP contribution in [0.25, 0.3) is 0 Å². The van der Waals surface area contributed by atoms with Crippen molar-refractivity contribution in [2.24, 2.45) is 0 Å². The molecule has 2 rings (SSSR count). The Morgan fingerprint density at radius 2 is 1.96 bits per heavy atom. The molecule has 4 nitrogen and oxygen atoms in total. The molecule has 23 heavy (non-hydrogen) atoms. The number of amides is 1. The normalized spacial score (nSPS) is 12.0. The Balaban J connectivity index is 2.13. The monoisotopic (exact) mass is 332 g/mol. The van der Waals surface area contributed by atoms with Gasteiger partial charge in [-0.25, -0.2) is 0 Å². The zero-order valence-corrected chi connectivity index (χ0v) is 14.3. The zero-order valence-electron chi connectivity index (χ0n) is 13.5. The van der Waals surface area contributed by atoms with Crippen LogP contribution in [0.2, 0.25) is 5.02 Å². The van der Waals surface area contributed by atoms with E-state index in [0.29, 0.717) is 17.1 Å². The summed E-state index contributed by atoms with van der Waals surface area (Å²) in [5, 5.41) is 3.51. The lowest BCUT2D eigenvalue weighted by Crippen LogP contribution is -2.34. The third kappa shape index (κ3) is 4.47. The van der Waals surface area contributed by atoms with Gasteiger partial charge in [-0.05, 0) is 38.4 Å². The van der Waals surface area contributed by atoms with E-state index in [0.717, 1.165) is 11.3 Å². The van der Waals surface area contributed by atoms with E-state index in [-0.39, 0.29) is 11.9 Å². The number of nitrogens with zero attached hydrogens (tertiary/aromatic N) is 1. The fourth-order valence-electron chi connectivity index (χ4n) is 2.43. The van der Waals surface area contributed by atoms with Crippen molar-refractivity contribution < 1.29 is 9.53 Å². The summed E-state index contributed by atoms with van der Waals surface area (Å²) >= 11 is 5.93. The molecule has 1 N–H and O–H groups in total. The molecule has 0 fully saturated rings. The van der Waals surface area contributed by atoms with Crippen molar-refractivity contribution in [1.82, 2.24) is 10.2 Å². The van der Waals surface area contributed by atoms with Crippen molar-refractivity contribution in [3.8, 4) is 5.75 Å². The summed E-state index contributed by atoms with van der Waals surface area (Å²) in [6, 6.07) is 14.7. The van der Waals surface area contributed by atoms with E-state index in [4.69, 9.17) is 16.3 Å². The number of para-hydroxylation sites is 1. The van der Waals surface area contributed by atoms with E-state index in [2.05, 4.69) is 10.2 Å². The van der Waals surface area contributed by atoms with Crippen LogP contribution < -0.4 is 10.1 Å². The van der Waals surface area contributed by atoms with Gasteiger partial charge in [0.25, 0.3) is 5.91 Å². The second-order valence-corrected chi connectivity index (χ2v) is 5.88. The number of methoxy groups -OCH3 is 1. The maximum Gasteiger partial charge on any atom is 0.251 e. The lowest BCUT2D eigenvalue weighted by molar-refractivity contribution is 0.0941. The van der Waals surface area contributed by atoms with Gasteiger partial charge in [0.05, 0.1) is 13.2 Å². The van der Waals surface area contributed by atoms with Crippen LogP contribution in [0, 0.1) is 0 Å². The quantitative estimate of drug-likeness (QED) is 0.881. The standard InChI is InChI=1S/C18H21ClN2O2/c1-21(2)16(15-9-4-5-10-17(15)23-3)12-20-18(22)13-7-6-8-14(19)11-13/h4-11,16H,12H2,1-3H3,(H,20,22)/t16-/m1/s1. The van der Waals surface area contributed by atoms with Crippen LogP contribution in [0.1, 0.15) is 22.0 Å². The molecule has 0 heterocycles. The Labute approximate surface area is 142 Å². The van der Waals surface area contributed by atoms with Crippen LogP contribution in [-0.2, 0) is 0 Å². The minimum Gasteiger partial charge on any atom is -0.496 e. The number of halogens is 1. The van der Waals surface area contributed by atoms with Crippen LogP contribution >= 0.6 is 11.6 Å². The molecule has 122 valence electrons. The van der Waals surface area contributed by atoms with Gasteiger partial charge in [0.15, 0.2) is 0 Å². The maximum absolute atomic E-state index is 12.3. The Bertz CT molecular complexity index is 674. The molecule has 1 amide bonds. The summed E-state index contributed by atoms with van der Waals surface area (Å²) in [6.45, 7) is 0.471. The molecule has 0 aromatic heterocycles. The van der Waals surface area contributed by atoms with Crippen molar-refractivity contribution in [2.45, 2.75) is 6.04 Å². The van der Waals surface area contributed by atoms with Gasteiger partial charge in [0.2, 0.25) is 0 Å². The molecule has 2 aromatic rings. The Hall–Kier alpha value is -2.04. The van der Waals surface area contributed by atoms with Crippen molar-refractivity contribution in [3.63, 3.8) is 0 Å². The van der Waals surface area contributed by atoms with Crippen molar-refractivity contribution >= 4 is 17.5 Å². The van der Waals surface area contributed by atoms with E-state index in [1.165, 1.54) is 0 Å². The molecule has 5 heteroatoms. The van der Waals surface area contributed by atoms with Crippen LogP contribution in [0.4, 0.5) is 0 Å². The largest absolute Gasteiger partial charge is 0.496 e. The van der Waals surface area contributed by atoms with Gasteiger partial charge in [-0.3, -0.25) is 4.79 Å². The number of ether oxygens (including phenoxy) is 1. The first-order chi connectivity index (χ1) is 11.0. The van der Waals surface area contributed by atoms with E-state index in [1.54, 1.807) is 31.4 Å². The highest BCUT2D eigenvalue weighted by atomic mass is 35.5. The summed E-state index contributed by atoms with van der Waals surface area (Å²) in [5.74, 6) is 0.664. The van der Waals surface area contributed by atoms with Gasteiger partial charge in [-0.15, -0.1) is 0 Å². The van der Waals surface area contributed by atoms with Gasteiger partial charge >= 0.3 is 0 Å². The first-order valence-electron chi connectivity index (χ1n) is 7.36. The van der Waals surface area contributed by atoms with Crippen LogP contribution in [0.5, 0.6) is 5.75 Å². The Kier molecular flexibility index (Phi) is 6.02. The second kappa shape index (κ2) is 7.99. The number of benzene rings is 2. The number of likely N-dealkylation sites (N-methyl/N-ethyl adjacent to an activating group) is 1. The number of hydrogen-bond acceptors (Lipinski definition) is 3. The number of hydrogen-bond donors (Lipinski definition) is 1. The fourth-order valence-corrected chi connectivity index (χ4v) is 2.62. The van der Waals surface area contributed by atoms with Crippen LogP contribution in [0.15, 0.2) is 48.5 Å². The van der Waals surface area contributed by atoms with Gasteiger partial charge in [0, 0.05) is 22.7 Å². The number of nitrogens with one attached hydrogen (secondary N) is 1. The molecule has 0 saturated carbocycles. The van der Waals surface area contributed by atoms with Gasteiger partial charge in [-0.1, -0.05) is 35.9 Å². The average molecular weight is 333 g/mol. The number of rotatable bonds is 6. The SMILES string of the molecule is COc1ccccc1[C@@H](CNC(=O)c1cccc(Cl)c1)N(C)C. The highest BCUT2D eigenvalue weighted by Gasteiger charge is 2.19.